The SMILES string of the molecule is CCN(Cc1ccccc1)S(=O)(=O)c1ccc(C(=O)N(Cc2ccco2)c2nc3ccc(Br)cc3s2)cc1. The van der Waals surface area contributed by atoms with Crippen molar-refractivity contribution in [1.29, 1.82) is 0 Å². The maximum atomic E-state index is 13.7. The van der Waals surface area contributed by atoms with Crippen LogP contribution in [0.15, 0.2) is 105 Å². The van der Waals surface area contributed by atoms with Crippen molar-refractivity contribution in [2.24, 2.45) is 0 Å². The first-order valence-electron chi connectivity index (χ1n) is 11.9. The Balaban J connectivity index is 1.43. The molecule has 194 valence electrons. The minimum atomic E-state index is -3.75. The van der Waals surface area contributed by atoms with E-state index in [0.29, 0.717) is 23.0 Å². The number of carbonyl (C=O) groups excluding carboxylic acids is 1. The summed E-state index contributed by atoms with van der Waals surface area (Å²) in [5.41, 5.74) is 2.04. The number of rotatable bonds is 9. The van der Waals surface area contributed by atoms with Gasteiger partial charge in [0.25, 0.3) is 5.91 Å². The first kappa shape index (κ1) is 26.3. The van der Waals surface area contributed by atoms with Gasteiger partial charge in [-0.15, -0.1) is 0 Å². The quantitative estimate of drug-likeness (QED) is 0.185. The van der Waals surface area contributed by atoms with E-state index in [-0.39, 0.29) is 23.9 Å². The highest BCUT2D eigenvalue weighted by Gasteiger charge is 2.26. The highest BCUT2D eigenvalue weighted by atomic mass is 79.9. The molecule has 0 aliphatic carbocycles. The highest BCUT2D eigenvalue weighted by Crippen LogP contribution is 2.33. The Bertz CT molecular complexity index is 1650. The van der Waals surface area contributed by atoms with Gasteiger partial charge in [0.05, 0.1) is 27.9 Å². The zero-order valence-corrected chi connectivity index (χ0v) is 23.7. The number of carbonyl (C=O) groups is 1. The number of nitrogens with zero attached hydrogens (tertiary/aromatic N) is 3. The van der Waals surface area contributed by atoms with E-state index >= 15 is 0 Å². The third-order valence-corrected chi connectivity index (χ3v) is 9.47. The Hall–Kier alpha value is -3.31. The molecule has 0 saturated heterocycles. The number of benzene rings is 3. The van der Waals surface area contributed by atoms with Gasteiger partial charge in [-0.05, 0) is 60.2 Å². The van der Waals surface area contributed by atoms with Crippen LogP contribution in [0.4, 0.5) is 5.13 Å². The first-order chi connectivity index (χ1) is 18.3. The molecule has 0 spiro atoms. The predicted octanol–water partition coefficient (Wildman–Crippen LogP) is 6.71. The van der Waals surface area contributed by atoms with Gasteiger partial charge in [-0.2, -0.15) is 4.31 Å². The number of hydrogen-bond donors (Lipinski definition) is 0. The van der Waals surface area contributed by atoms with E-state index in [1.807, 2.05) is 48.5 Å². The molecule has 0 unspecified atom stereocenters. The summed E-state index contributed by atoms with van der Waals surface area (Å²) < 4.78 is 35.5. The molecule has 0 saturated carbocycles. The third kappa shape index (κ3) is 5.58. The maximum Gasteiger partial charge on any atom is 0.260 e. The molecule has 0 radical (unpaired) electrons. The van der Waals surface area contributed by atoms with Gasteiger partial charge < -0.3 is 4.42 Å². The van der Waals surface area contributed by atoms with Crippen LogP contribution in [0.5, 0.6) is 0 Å². The van der Waals surface area contributed by atoms with Gasteiger partial charge in [0, 0.05) is 23.1 Å². The lowest BCUT2D eigenvalue weighted by molar-refractivity contribution is 0.0983. The number of sulfonamides is 1. The molecule has 7 nitrogen and oxygen atoms in total. The molecule has 0 aliphatic rings. The van der Waals surface area contributed by atoms with Crippen LogP contribution in [0.25, 0.3) is 10.2 Å². The molecule has 0 N–H and O–H groups in total. The van der Waals surface area contributed by atoms with Gasteiger partial charge >= 0.3 is 0 Å². The lowest BCUT2D eigenvalue weighted by Crippen LogP contribution is -2.31. The van der Waals surface area contributed by atoms with E-state index < -0.39 is 10.0 Å². The molecule has 0 aliphatic heterocycles. The molecular weight excluding hydrogens is 586 g/mol. The predicted molar refractivity (Wildman–Crippen MR) is 153 cm³/mol. The van der Waals surface area contributed by atoms with Gasteiger partial charge in [0.15, 0.2) is 5.13 Å². The third-order valence-electron chi connectivity index (χ3n) is 6.00. The summed E-state index contributed by atoms with van der Waals surface area (Å²) in [4.78, 5) is 20.0. The van der Waals surface area contributed by atoms with Crippen LogP contribution < -0.4 is 4.90 Å². The smallest absolute Gasteiger partial charge is 0.260 e. The number of thiazole rings is 1. The van der Waals surface area contributed by atoms with E-state index in [1.54, 1.807) is 42.4 Å². The van der Waals surface area contributed by atoms with Crippen LogP contribution in [-0.2, 0) is 23.1 Å². The Labute approximate surface area is 233 Å². The number of amides is 1. The highest BCUT2D eigenvalue weighted by molar-refractivity contribution is 9.10. The zero-order chi connectivity index (χ0) is 26.7. The van der Waals surface area contributed by atoms with Crippen molar-refractivity contribution in [3.05, 3.63) is 113 Å². The van der Waals surface area contributed by atoms with Crippen LogP contribution in [0.1, 0.15) is 28.6 Å². The number of furan rings is 1. The molecule has 2 heterocycles. The van der Waals surface area contributed by atoms with Gasteiger partial charge in [-0.25, -0.2) is 13.4 Å². The number of hydrogen-bond acceptors (Lipinski definition) is 6. The van der Waals surface area contributed by atoms with Crippen molar-refractivity contribution >= 4 is 58.5 Å². The largest absolute Gasteiger partial charge is 0.467 e. The van der Waals surface area contributed by atoms with Crippen molar-refractivity contribution in [2.45, 2.75) is 24.9 Å². The van der Waals surface area contributed by atoms with E-state index in [0.717, 1.165) is 20.3 Å². The number of fused-ring (bicyclic) bond motifs is 1. The minimum absolute atomic E-state index is 0.134. The van der Waals surface area contributed by atoms with Crippen molar-refractivity contribution < 1.29 is 17.6 Å². The van der Waals surface area contributed by atoms with Gasteiger partial charge in [0.2, 0.25) is 10.0 Å². The van der Waals surface area contributed by atoms with Crippen molar-refractivity contribution in [2.75, 3.05) is 11.4 Å². The molecule has 0 atom stereocenters. The van der Waals surface area contributed by atoms with Gasteiger partial charge in [-0.1, -0.05) is 64.5 Å². The fraction of sp³-hybridized carbons (Fsp3) is 0.143. The second kappa shape index (κ2) is 11.2. The maximum absolute atomic E-state index is 13.7. The normalized spacial score (nSPS) is 11.8. The Morgan fingerprint density at radius 3 is 2.42 bits per heavy atom. The summed E-state index contributed by atoms with van der Waals surface area (Å²) in [5, 5.41) is 0.524. The van der Waals surface area contributed by atoms with Crippen LogP contribution in [0, 0.1) is 0 Å². The number of halogens is 1. The van der Waals surface area contributed by atoms with E-state index in [1.165, 1.54) is 27.8 Å². The van der Waals surface area contributed by atoms with Crippen LogP contribution in [-0.4, -0.2) is 30.2 Å². The summed E-state index contributed by atoms with van der Waals surface area (Å²) in [5.74, 6) is 0.303. The van der Waals surface area contributed by atoms with Gasteiger partial charge in [-0.3, -0.25) is 9.69 Å². The summed E-state index contributed by atoms with van der Waals surface area (Å²) in [6.45, 7) is 2.59. The second-order valence-electron chi connectivity index (χ2n) is 8.52. The number of anilines is 1. The average Bonchev–Trinajstić information content (AvgIpc) is 3.60. The van der Waals surface area contributed by atoms with E-state index in [9.17, 15) is 13.2 Å². The van der Waals surface area contributed by atoms with Crippen molar-refractivity contribution in [3.8, 4) is 0 Å². The summed E-state index contributed by atoms with van der Waals surface area (Å²) in [7, 11) is -3.75. The molecule has 3 aromatic carbocycles. The average molecular weight is 611 g/mol. The van der Waals surface area contributed by atoms with Crippen LogP contribution in [0.3, 0.4) is 0 Å². The van der Waals surface area contributed by atoms with E-state index in [4.69, 9.17) is 4.42 Å². The molecule has 5 aromatic rings. The topological polar surface area (TPSA) is 83.7 Å². The van der Waals surface area contributed by atoms with Crippen LogP contribution >= 0.6 is 27.3 Å². The fourth-order valence-electron chi connectivity index (χ4n) is 4.01. The molecule has 38 heavy (non-hydrogen) atoms. The van der Waals surface area contributed by atoms with Gasteiger partial charge in [0.1, 0.15) is 5.76 Å². The molecule has 1 amide bonds. The molecular formula is C28H24BrN3O4S2. The summed E-state index contributed by atoms with van der Waals surface area (Å²) in [6, 6.07) is 24.8. The van der Waals surface area contributed by atoms with Crippen molar-refractivity contribution in [3.63, 3.8) is 0 Å². The Kier molecular flexibility index (Phi) is 7.75. The molecule has 0 bridgehead atoms. The fourth-order valence-corrected chi connectivity index (χ4v) is 6.97. The zero-order valence-electron chi connectivity index (χ0n) is 20.5. The van der Waals surface area contributed by atoms with Crippen LogP contribution in [0.2, 0.25) is 0 Å². The second-order valence-corrected chi connectivity index (χ2v) is 12.4. The summed E-state index contributed by atoms with van der Waals surface area (Å²) >= 11 is 4.88. The lowest BCUT2D eigenvalue weighted by atomic mass is 10.2. The molecule has 10 heteroatoms. The molecule has 5 rings (SSSR count). The van der Waals surface area contributed by atoms with Crippen molar-refractivity contribution in [1.82, 2.24) is 9.29 Å². The molecule has 2 aromatic heterocycles. The number of aromatic nitrogens is 1. The van der Waals surface area contributed by atoms with E-state index in [2.05, 4.69) is 20.9 Å². The Morgan fingerprint density at radius 1 is 0.974 bits per heavy atom. The Morgan fingerprint density at radius 2 is 1.74 bits per heavy atom. The first-order valence-corrected chi connectivity index (χ1v) is 14.9. The standard InChI is InChI=1S/C28H24BrN3O4S2/c1-2-31(18-20-7-4-3-5-8-20)38(34,35)24-13-10-21(11-14-24)27(33)32(19-23-9-6-16-36-23)28-30-25-15-12-22(29)17-26(25)37-28/h3-17H,2,18-19H2,1H3. The monoisotopic (exact) mass is 609 g/mol. The lowest BCUT2D eigenvalue weighted by Gasteiger charge is -2.21. The summed E-state index contributed by atoms with van der Waals surface area (Å²) in [6.07, 6.45) is 1.56. The molecule has 0 fully saturated rings. The minimum Gasteiger partial charge on any atom is -0.467 e.